The summed E-state index contributed by atoms with van der Waals surface area (Å²) >= 11 is 0. The molecule has 3 aliphatic heterocycles. The number of nitrogens with zero attached hydrogens (tertiary/aromatic N) is 3. The molecule has 0 aromatic heterocycles. The van der Waals surface area contributed by atoms with Gasteiger partial charge in [-0.1, -0.05) is 12.1 Å². The fourth-order valence-corrected chi connectivity index (χ4v) is 5.40. The summed E-state index contributed by atoms with van der Waals surface area (Å²) in [4.78, 5) is 53.6. The van der Waals surface area contributed by atoms with E-state index in [1.165, 1.54) is 16.0 Å². The topological polar surface area (TPSA) is 99.3 Å². The summed E-state index contributed by atoms with van der Waals surface area (Å²) in [6.07, 6.45) is 3.03. The summed E-state index contributed by atoms with van der Waals surface area (Å²) < 4.78 is 5.51. The van der Waals surface area contributed by atoms with Crippen molar-refractivity contribution in [1.82, 2.24) is 20.0 Å². The molecule has 2 fully saturated rings. The smallest absolute Gasteiger partial charge is 0.410 e. The van der Waals surface area contributed by atoms with Crippen LogP contribution in [0.2, 0.25) is 0 Å². The van der Waals surface area contributed by atoms with Gasteiger partial charge in [-0.15, -0.1) is 0 Å². The number of benzene rings is 1. The summed E-state index contributed by atoms with van der Waals surface area (Å²) in [6.45, 7) is 12.3. The third-order valence-corrected chi connectivity index (χ3v) is 7.33. The van der Waals surface area contributed by atoms with Gasteiger partial charge < -0.3 is 14.5 Å². The number of hydrogen-bond donors (Lipinski definition) is 1. The highest BCUT2D eigenvalue weighted by Crippen LogP contribution is 2.30. The second-order valence-electron chi connectivity index (χ2n) is 11.4. The zero-order valence-corrected chi connectivity index (χ0v) is 21.8. The first-order valence-corrected chi connectivity index (χ1v) is 12.9. The molecule has 3 aliphatic rings. The van der Waals surface area contributed by atoms with Crippen LogP contribution in [-0.4, -0.2) is 70.3 Å². The van der Waals surface area contributed by atoms with Crippen LogP contribution in [0.25, 0.3) is 0 Å². The second kappa shape index (κ2) is 10.6. The normalized spacial score (nSPS) is 21.2. The predicted octanol–water partition coefficient (Wildman–Crippen LogP) is 2.72. The molecule has 1 N–H and O–H groups in total. The van der Waals surface area contributed by atoms with E-state index in [0.717, 1.165) is 56.7 Å². The molecule has 9 nitrogen and oxygen atoms in total. The summed E-state index contributed by atoms with van der Waals surface area (Å²) in [6, 6.07) is 3.75. The van der Waals surface area contributed by atoms with Gasteiger partial charge in [0.25, 0.3) is 0 Å². The van der Waals surface area contributed by atoms with E-state index in [0.29, 0.717) is 25.3 Å². The highest BCUT2D eigenvalue weighted by atomic mass is 16.6. The van der Waals surface area contributed by atoms with Crippen molar-refractivity contribution in [3.05, 3.63) is 34.4 Å². The number of carbonyl (C=O) groups excluding carboxylic acids is 4. The van der Waals surface area contributed by atoms with Gasteiger partial charge in [-0.05, 0) is 75.1 Å². The lowest BCUT2D eigenvalue weighted by molar-refractivity contribution is -0.141. The van der Waals surface area contributed by atoms with E-state index in [2.05, 4.69) is 22.3 Å². The molecule has 0 aliphatic carbocycles. The number of nitrogens with one attached hydrogen (secondary N) is 1. The third kappa shape index (κ3) is 6.24. The van der Waals surface area contributed by atoms with Crippen LogP contribution in [0.5, 0.6) is 0 Å². The van der Waals surface area contributed by atoms with Crippen LogP contribution in [0.15, 0.2) is 12.1 Å². The number of hydrogen-bond acceptors (Lipinski definition) is 6. The second-order valence-corrected chi connectivity index (χ2v) is 11.4. The SMILES string of the molecule is Cc1cc2c(cc1CN(C=O)C1CCC(=O)NC1=O)CN(CC1CCN(C(=O)OC(C)(C)C)CC1)C2. The van der Waals surface area contributed by atoms with Gasteiger partial charge in [-0.2, -0.15) is 0 Å². The fourth-order valence-electron chi connectivity index (χ4n) is 5.40. The van der Waals surface area contributed by atoms with E-state index in [1.807, 2.05) is 32.6 Å². The first-order valence-electron chi connectivity index (χ1n) is 12.9. The summed E-state index contributed by atoms with van der Waals surface area (Å²) in [5, 5.41) is 2.34. The number of piperidine rings is 2. The number of ether oxygens (including phenoxy) is 1. The van der Waals surface area contributed by atoms with Crippen molar-refractivity contribution in [3.8, 4) is 0 Å². The van der Waals surface area contributed by atoms with Crippen molar-refractivity contribution in [2.24, 2.45) is 5.92 Å². The maximum Gasteiger partial charge on any atom is 0.410 e. The Morgan fingerprint density at radius 3 is 2.42 bits per heavy atom. The molecule has 0 bridgehead atoms. The molecule has 9 heteroatoms. The Bertz CT molecular complexity index is 1030. The highest BCUT2D eigenvalue weighted by molar-refractivity contribution is 6.00. The monoisotopic (exact) mass is 498 g/mol. The van der Waals surface area contributed by atoms with Gasteiger partial charge in [0, 0.05) is 45.7 Å². The lowest BCUT2D eigenvalue weighted by Crippen LogP contribution is -2.51. The number of aryl methyl sites for hydroxylation is 1. The molecule has 3 heterocycles. The number of carbonyl (C=O) groups is 4. The maximum absolute atomic E-state index is 12.3. The minimum Gasteiger partial charge on any atom is -0.444 e. The number of fused-ring (bicyclic) bond motifs is 1. The average Bonchev–Trinajstić information content (AvgIpc) is 3.18. The Morgan fingerprint density at radius 1 is 1.14 bits per heavy atom. The largest absolute Gasteiger partial charge is 0.444 e. The van der Waals surface area contributed by atoms with Gasteiger partial charge in [0.2, 0.25) is 18.2 Å². The zero-order chi connectivity index (χ0) is 26.0. The van der Waals surface area contributed by atoms with Gasteiger partial charge in [0.05, 0.1) is 0 Å². The molecular weight excluding hydrogens is 460 g/mol. The van der Waals surface area contributed by atoms with E-state index >= 15 is 0 Å². The van der Waals surface area contributed by atoms with E-state index in [1.54, 1.807) is 0 Å². The van der Waals surface area contributed by atoms with Crippen LogP contribution in [0, 0.1) is 12.8 Å². The van der Waals surface area contributed by atoms with Crippen LogP contribution < -0.4 is 5.32 Å². The Morgan fingerprint density at radius 2 is 1.81 bits per heavy atom. The molecule has 1 aromatic rings. The van der Waals surface area contributed by atoms with Crippen molar-refractivity contribution >= 4 is 24.3 Å². The molecule has 1 aromatic carbocycles. The van der Waals surface area contributed by atoms with Crippen LogP contribution in [0.3, 0.4) is 0 Å². The van der Waals surface area contributed by atoms with Crippen LogP contribution >= 0.6 is 0 Å². The molecule has 36 heavy (non-hydrogen) atoms. The van der Waals surface area contributed by atoms with Crippen molar-refractivity contribution < 1.29 is 23.9 Å². The lowest BCUT2D eigenvalue weighted by atomic mass is 9.96. The summed E-state index contributed by atoms with van der Waals surface area (Å²) in [5.41, 5.74) is 4.21. The summed E-state index contributed by atoms with van der Waals surface area (Å²) in [7, 11) is 0. The van der Waals surface area contributed by atoms with E-state index in [-0.39, 0.29) is 18.4 Å². The Kier molecular flexibility index (Phi) is 7.68. The van der Waals surface area contributed by atoms with Crippen LogP contribution in [0.4, 0.5) is 4.79 Å². The zero-order valence-electron chi connectivity index (χ0n) is 21.8. The van der Waals surface area contributed by atoms with Gasteiger partial charge in [0.15, 0.2) is 0 Å². The molecule has 0 saturated carbocycles. The molecular formula is C27H38N4O5. The number of amides is 4. The Balaban J connectivity index is 1.32. The minimum absolute atomic E-state index is 0.223. The standard InChI is InChI=1S/C27H38N4O5/c1-18-11-21-14-29(13-19-7-9-30(10-8-19)26(35)36-27(2,3)4)15-22(21)12-20(18)16-31(17-32)23-5-6-24(33)28-25(23)34/h11-12,17,19,23H,5-10,13-16H2,1-4H3,(H,28,33,34). The quantitative estimate of drug-likeness (QED) is 0.478. The van der Waals surface area contributed by atoms with Gasteiger partial charge in [-0.3, -0.25) is 24.6 Å². The molecule has 196 valence electrons. The fraction of sp³-hybridized carbons (Fsp3) is 0.630. The minimum atomic E-state index is -0.615. The van der Waals surface area contributed by atoms with Crippen molar-refractivity contribution in [1.29, 1.82) is 0 Å². The van der Waals surface area contributed by atoms with Gasteiger partial charge in [0.1, 0.15) is 11.6 Å². The molecule has 2 saturated heterocycles. The molecule has 1 atom stereocenters. The number of likely N-dealkylation sites (tertiary alicyclic amines) is 1. The molecule has 0 spiro atoms. The number of imide groups is 1. The first kappa shape index (κ1) is 26.1. The van der Waals surface area contributed by atoms with E-state index < -0.39 is 17.6 Å². The van der Waals surface area contributed by atoms with E-state index in [4.69, 9.17) is 4.74 Å². The molecule has 0 radical (unpaired) electrons. The highest BCUT2D eigenvalue weighted by Gasteiger charge is 2.32. The average molecular weight is 499 g/mol. The molecule has 1 unspecified atom stereocenters. The van der Waals surface area contributed by atoms with Crippen molar-refractivity contribution in [2.45, 2.75) is 84.7 Å². The van der Waals surface area contributed by atoms with Gasteiger partial charge >= 0.3 is 6.09 Å². The maximum atomic E-state index is 12.3. The van der Waals surface area contributed by atoms with Gasteiger partial charge in [-0.25, -0.2) is 4.79 Å². The van der Waals surface area contributed by atoms with E-state index in [9.17, 15) is 19.2 Å². The first-order chi connectivity index (χ1) is 17.0. The lowest BCUT2D eigenvalue weighted by Gasteiger charge is -2.34. The predicted molar refractivity (Wildman–Crippen MR) is 134 cm³/mol. The molecule has 4 amide bonds. The van der Waals surface area contributed by atoms with Crippen LogP contribution in [0.1, 0.15) is 68.7 Å². The Hall–Kier alpha value is -2.94. The summed E-state index contributed by atoms with van der Waals surface area (Å²) in [5.74, 6) is -0.149. The third-order valence-electron chi connectivity index (χ3n) is 7.33. The van der Waals surface area contributed by atoms with Crippen molar-refractivity contribution in [2.75, 3.05) is 19.6 Å². The molecule has 4 rings (SSSR count). The number of rotatable bonds is 6. The Labute approximate surface area is 213 Å². The van der Waals surface area contributed by atoms with Crippen molar-refractivity contribution in [3.63, 3.8) is 0 Å². The van der Waals surface area contributed by atoms with Crippen LogP contribution in [-0.2, 0) is 38.8 Å².